The third kappa shape index (κ3) is 2.36. The second-order valence-electron chi connectivity index (χ2n) is 5.93. The highest BCUT2D eigenvalue weighted by Crippen LogP contribution is 2.28. The summed E-state index contributed by atoms with van der Waals surface area (Å²) in [5.41, 5.74) is -0.0184. The SMILES string of the molecule is CC(C)c1nn(CC2CC(O)C2)c(=O)n1C(C)C. The maximum absolute atomic E-state index is 12.3. The lowest BCUT2D eigenvalue weighted by Gasteiger charge is -2.30. The first-order chi connectivity index (χ1) is 8.40. The van der Waals surface area contributed by atoms with E-state index in [0.717, 1.165) is 18.7 Å². The second kappa shape index (κ2) is 4.88. The summed E-state index contributed by atoms with van der Waals surface area (Å²) in [7, 11) is 0. The molecule has 1 aromatic heterocycles. The van der Waals surface area contributed by atoms with Crippen LogP contribution in [0.4, 0.5) is 0 Å². The number of hydrogen-bond donors (Lipinski definition) is 1. The predicted molar refractivity (Wildman–Crippen MR) is 69.7 cm³/mol. The van der Waals surface area contributed by atoms with Gasteiger partial charge in [0, 0.05) is 18.5 Å². The zero-order chi connectivity index (χ0) is 13.4. The van der Waals surface area contributed by atoms with Crippen LogP contribution in [0.2, 0.25) is 0 Å². The molecule has 0 bridgehead atoms. The highest BCUT2D eigenvalue weighted by atomic mass is 16.3. The molecule has 1 fully saturated rings. The summed E-state index contributed by atoms with van der Waals surface area (Å²) in [6.45, 7) is 8.75. The molecule has 2 rings (SSSR count). The van der Waals surface area contributed by atoms with Crippen LogP contribution in [0.15, 0.2) is 4.79 Å². The third-order valence-corrected chi connectivity index (χ3v) is 3.57. The molecule has 0 unspecified atom stereocenters. The number of aliphatic hydroxyl groups excluding tert-OH is 1. The van der Waals surface area contributed by atoms with Crippen molar-refractivity contribution >= 4 is 0 Å². The molecular weight excluding hydrogens is 230 g/mol. The van der Waals surface area contributed by atoms with E-state index in [2.05, 4.69) is 18.9 Å². The lowest BCUT2D eigenvalue weighted by atomic mass is 9.82. The van der Waals surface area contributed by atoms with Crippen LogP contribution in [0.3, 0.4) is 0 Å². The van der Waals surface area contributed by atoms with Crippen molar-refractivity contribution in [1.29, 1.82) is 0 Å². The van der Waals surface area contributed by atoms with Gasteiger partial charge >= 0.3 is 5.69 Å². The minimum absolute atomic E-state index is 0.0184. The monoisotopic (exact) mass is 253 g/mol. The van der Waals surface area contributed by atoms with Gasteiger partial charge in [0.25, 0.3) is 0 Å². The Labute approximate surface area is 107 Å². The summed E-state index contributed by atoms with van der Waals surface area (Å²) in [6, 6.07) is 0.135. The van der Waals surface area contributed by atoms with Crippen LogP contribution in [0, 0.1) is 5.92 Å². The third-order valence-electron chi connectivity index (χ3n) is 3.57. The zero-order valence-electron chi connectivity index (χ0n) is 11.6. The van der Waals surface area contributed by atoms with Crippen molar-refractivity contribution in [3.8, 4) is 0 Å². The molecule has 0 amide bonds. The van der Waals surface area contributed by atoms with E-state index in [1.54, 1.807) is 9.25 Å². The summed E-state index contributed by atoms with van der Waals surface area (Å²) in [6.07, 6.45) is 1.40. The van der Waals surface area contributed by atoms with Crippen molar-refractivity contribution in [3.05, 3.63) is 16.3 Å². The van der Waals surface area contributed by atoms with Crippen LogP contribution in [0.1, 0.15) is 58.3 Å². The molecule has 1 N–H and O–H groups in total. The van der Waals surface area contributed by atoms with Gasteiger partial charge in [0.05, 0.1) is 6.10 Å². The topological polar surface area (TPSA) is 60.0 Å². The fraction of sp³-hybridized carbons (Fsp3) is 0.846. The van der Waals surface area contributed by atoms with Gasteiger partial charge in [-0.3, -0.25) is 4.57 Å². The van der Waals surface area contributed by atoms with Crippen molar-refractivity contribution in [1.82, 2.24) is 14.3 Å². The first-order valence-corrected chi connectivity index (χ1v) is 6.77. The molecule has 0 radical (unpaired) electrons. The lowest BCUT2D eigenvalue weighted by molar-refractivity contribution is 0.0330. The molecule has 0 spiro atoms. The average molecular weight is 253 g/mol. The Morgan fingerprint density at radius 2 is 1.94 bits per heavy atom. The number of nitrogens with zero attached hydrogens (tertiary/aromatic N) is 3. The van der Waals surface area contributed by atoms with E-state index in [0.29, 0.717) is 12.5 Å². The number of aromatic nitrogens is 3. The van der Waals surface area contributed by atoms with Gasteiger partial charge in [-0.25, -0.2) is 9.48 Å². The highest BCUT2D eigenvalue weighted by Gasteiger charge is 2.29. The van der Waals surface area contributed by atoms with Crippen LogP contribution < -0.4 is 5.69 Å². The fourth-order valence-electron chi connectivity index (χ4n) is 2.53. The Morgan fingerprint density at radius 3 is 2.33 bits per heavy atom. The van der Waals surface area contributed by atoms with Crippen LogP contribution in [-0.2, 0) is 6.54 Å². The number of aliphatic hydroxyl groups is 1. The Hall–Kier alpha value is -1.10. The Bertz CT molecular complexity index is 467. The molecule has 18 heavy (non-hydrogen) atoms. The summed E-state index contributed by atoms with van der Waals surface area (Å²) < 4.78 is 3.35. The van der Waals surface area contributed by atoms with Crippen LogP contribution >= 0.6 is 0 Å². The van der Waals surface area contributed by atoms with Gasteiger partial charge in [-0.15, -0.1) is 0 Å². The average Bonchev–Trinajstić information content (AvgIpc) is 2.54. The van der Waals surface area contributed by atoms with Gasteiger partial charge < -0.3 is 5.11 Å². The summed E-state index contributed by atoms with van der Waals surface area (Å²) in [5, 5.41) is 13.8. The summed E-state index contributed by atoms with van der Waals surface area (Å²) in [5.74, 6) is 1.50. The van der Waals surface area contributed by atoms with Gasteiger partial charge in [0.2, 0.25) is 0 Å². The minimum atomic E-state index is -0.178. The molecular formula is C13H23N3O2. The predicted octanol–water partition coefficient (Wildman–Crippen LogP) is 1.52. The normalized spacial score (nSPS) is 23.7. The van der Waals surface area contributed by atoms with E-state index in [1.807, 2.05) is 13.8 Å². The summed E-state index contributed by atoms with van der Waals surface area (Å²) in [4.78, 5) is 12.3. The maximum Gasteiger partial charge on any atom is 0.346 e. The molecule has 1 aliphatic rings. The fourth-order valence-corrected chi connectivity index (χ4v) is 2.53. The van der Waals surface area contributed by atoms with Crippen molar-refractivity contribution < 1.29 is 5.11 Å². The van der Waals surface area contributed by atoms with Gasteiger partial charge in [-0.1, -0.05) is 13.8 Å². The van der Waals surface area contributed by atoms with Crippen molar-refractivity contribution in [3.63, 3.8) is 0 Å². The first-order valence-electron chi connectivity index (χ1n) is 6.77. The summed E-state index contributed by atoms with van der Waals surface area (Å²) >= 11 is 0. The van der Waals surface area contributed by atoms with Gasteiger partial charge in [0.1, 0.15) is 5.82 Å². The molecule has 1 heterocycles. The molecule has 0 aliphatic heterocycles. The molecule has 0 atom stereocenters. The minimum Gasteiger partial charge on any atom is -0.393 e. The van der Waals surface area contributed by atoms with Gasteiger partial charge in [-0.2, -0.15) is 5.10 Å². The van der Waals surface area contributed by atoms with E-state index < -0.39 is 0 Å². The van der Waals surface area contributed by atoms with Crippen LogP contribution in [0.5, 0.6) is 0 Å². The lowest BCUT2D eigenvalue weighted by Crippen LogP contribution is -2.35. The van der Waals surface area contributed by atoms with Crippen molar-refractivity contribution in [2.24, 2.45) is 5.92 Å². The zero-order valence-corrected chi connectivity index (χ0v) is 11.6. The number of rotatable bonds is 4. The van der Waals surface area contributed by atoms with Crippen LogP contribution in [-0.4, -0.2) is 25.6 Å². The Kier molecular flexibility index (Phi) is 3.61. The first kappa shape index (κ1) is 13.3. The molecule has 1 aromatic rings. The highest BCUT2D eigenvalue weighted by molar-refractivity contribution is 4.96. The van der Waals surface area contributed by atoms with E-state index in [-0.39, 0.29) is 23.8 Å². The largest absolute Gasteiger partial charge is 0.393 e. The molecule has 0 aromatic carbocycles. The van der Waals surface area contributed by atoms with Crippen molar-refractivity contribution in [2.75, 3.05) is 0 Å². The molecule has 102 valence electrons. The van der Waals surface area contributed by atoms with Gasteiger partial charge in [0.15, 0.2) is 0 Å². The Morgan fingerprint density at radius 1 is 1.33 bits per heavy atom. The molecule has 0 saturated heterocycles. The smallest absolute Gasteiger partial charge is 0.346 e. The maximum atomic E-state index is 12.3. The molecule has 1 saturated carbocycles. The standard InChI is InChI=1S/C13H23N3O2/c1-8(2)12-14-15(7-10-5-11(17)6-10)13(18)16(12)9(3)4/h8-11,17H,5-7H2,1-4H3. The van der Waals surface area contributed by atoms with Crippen LogP contribution in [0.25, 0.3) is 0 Å². The van der Waals surface area contributed by atoms with E-state index in [1.165, 1.54) is 0 Å². The molecule has 5 nitrogen and oxygen atoms in total. The van der Waals surface area contributed by atoms with E-state index in [4.69, 9.17) is 0 Å². The van der Waals surface area contributed by atoms with Crippen molar-refractivity contribution in [2.45, 2.75) is 65.1 Å². The van der Waals surface area contributed by atoms with Gasteiger partial charge in [-0.05, 0) is 32.6 Å². The van der Waals surface area contributed by atoms with E-state index in [9.17, 15) is 9.90 Å². The molecule has 1 aliphatic carbocycles. The molecule has 5 heteroatoms. The number of hydrogen-bond acceptors (Lipinski definition) is 3. The quantitative estimate of drug-likeness (QED) is 0.885. The van der Waals surface area contributed by atoms with E-state index >= 15 is 0 Å². The Balaban J connectivity index is 2.26. The second-order valence-corrected chi connectivity index (χ2v) is 5.93.